The van der Waals surface area contributed by atoms with E-state index in [1.54, 1.807) is 35.3 Å². The number of carbonyl (C=O) groups is 1. The summed E-state index contributed by atoms with van der Waals surface area (Å²) in [5, 5.41) is 16.0. The molecule has 1 amide bonds. The maximum atomic E-state index is 12.3. The van der Waals surface area contributed by atoms with E-state index in [1.807, 2.05) is 18.2 Å². The summed E-state index contributed by atoms with van der Waals surface area (Å²) in [6, 6.07) is 11.2. The van der Waals surface area contributed by atoms with Gasteiger partial charge < -0.3 is 10.2 Å². The van der Waals surface area contributed by atoms with Crippen molar-refractivity contribution in [3.8, 4) is 6.07 Å². The highest BCUT2D eigenvalue weighted by Gasteiger charge is 2.15. The molecule has 0 aliphatic carbocycles. The summed E-state index contributed by atoms with van der Waals surface area (Å²) < 4.78 is 1.69. The fraction of sp³-hybridized carbons (Fsp3) is 0.250. The van der Waals surface area contributed by atoms with E-state index in [9.17, 15) is 4.79 Å². The Bertz CT molecular complexity index is 998. The van der Waals surface area contributed by atoms with Gasteiger partial charge in [0.25, 0.3) is 0 Å². The van der Waals surface area contributed by atoms with Gasteiger partial charge in [-0.3, -0.25) is 14.5 Å². The molecule has 1 N–H and O–H groups in total. The van der Waals surface area contributed by atoms with Gasteiger partial charge in [0.2, 0.25) is 5.91 Å². The molecule has 0 unspecified atom stereocenters. The Balaban J connectivity index is 1.31. The van der Waals surface area contributed by atoms with Crippen LogP contribution in [0.3, 0.4) is 0 Å². The standard InChI is InChI=1S/C20H19N7O/c21-11-16-2-4-17(22-13-16)14-27-9-6-18(25-27)24-20(28)10-15-3-5-19(23-12-15)26-7-1-8-26/h2-6,9,12-13H,1,7-8,10,14H2,(H,24,25,28). The number of nitrogens with one attached hydrogen (secondary N) is 1. The number of pyridine rings is 2. The highest BCUT2D eigenvalue weighted by molar-refractivity contribution is 5.91. The Morgan fingerprint density at radius 3 is 2.68 bits per heavy atom. The SMILES string of the molecule is N#Cc1ccc(Cn2ccc(NC(=O)Cc3ccc(N4CCC4)nc3)n2)nc1. The number of nitriles is 1. The first kappa shape index (κ1) is 17.7. The van der Waals surface area contributed by atoms with E-state index >= 15 is 0 Å². The molecule has 0 saturated carbocycles. The van der Waals surface area contributed by atoms with Gasteiger partial charge in [-0.15, -0.1) is 0 Å². The summed E-state index contributed by atoms with van der Waals surface area (Å²) in [5.74, 6) is 1.31. The zero-order chi connectivity index (χ0) is 19.3. The average molecular weight is 373 g/mol. The molecule has 3 aromatic rings. The van der Waals surface area contributed by atoms with Gasteiger partial charge in [0.05, 0.1) is 24.2 Å². The van der Waals surface area contributed by atoms with E-state index in [0.717, 1.165) is 30.2 Å². The fourth-order valence-electron chi connectivity index (χ4n) is 2.89. The number of amides is 1. The summed E-state index contributed by atoms with van der Waals surface area (Å²) in [6.07, 6.45) is 6.52. The first-order chi connectivity index (χ1) is 13.7. The second-order valence-electron chi connectivity index (χ2n) is 6.64. The molecular weight excluding hydrogens is 354 g/mol. The van der Waals surface area contributed by atoms with E-state index in [0.29, 0.717) is 17.9 Å². The molecule has 4 rings (SSSR count). The third kappa shape index (κ3) is 4.15. The predicted octanol–water partition coefficient (Wildman–Crippen LogP) is 1.98. The van der Waals surface area contributed by atoms with E-state index in [4.69, 9.17) is 5.26 Å². The number of nitrogens with zero attached hydrogens (tertiary/aromatic N) is 6. The topological polar surface area (TPSA) is 99.7 Å². The number of anilines is 2. The summed E-state index contributed by atoms with van der Waals surface area (Å²) >= 11 is 0. The Morgan fingerprint density at radius 2 is 2.04 bits per heavy atom. The summed E-state index contributed by atoms with van der Waals surface area (Å²) in [5.41, 5.74) is 2.17. The monoisotopic (exact) mass is 373 g/mol. The Hall–Kier alpha value is -3.73. The Kier molecular flexibility index (Phi) is 4.97. The minimum Gasteiger partial charge on any atom is -0.356 e. The predicted molar refractivity (Wildman–Crippen MR) is 104 cm³/mol. The number of rotatable bonds is 6. The molecule has 1 aliphatic heterocycles. The van der Waals surface area contributed by atoms with E-state index in [1.165, 1.54) is 12.6 Å². The highest BCUT2D eigenvalue weighted by atomic mass is 16.1. The van der Waals surface area contributed by atoms with Crippen LogP contribution in [0.15, 0.2) is 48.9 Å². The smallest absolute Gasteiger partial charge is 0.230 e. The third-order valence-electron chi connectivity index (χ3n) is 4.54. The molecule has 0 aromatic carbocycles. The van der Waals surface area contributed by atoms with Gasteiger partial charge >= 0.3 is 0 Å². The molecule has 0 atom stereocenters. The lowest BCUT2D eigenvalue weighted by molar-refractivity contribution is -0.115. The zero-order valence-corrected chi connectivity index (χ0v) is 15.2. The van der Waals surface area contributed by atoms with Crippen molar-refractivity contribution in [1.29, 1.82) is 5.26 Å². The minimum absolute atomic E-state index is 0.139. The molecule has 28 heavy (non-hydrogen) atoms. The van der Waals surface area contributed by atoms with Crippen molar-refractivity contribution in [2.75, 3.05) is 23.3 Å². The molecule has 1 aliphatic rings. The van der Waals surface area contributed by atoms with Crippen LogP contribution < -0.4 is 10.2 Å². The highest BCUT2D eigenvalue weighted by Crippen LogP contribution is 2.18. The maximum Gasteiger partial charge on any atom is 0.230 e. The number of hydrogen-bond acceptors (Lipinski definition) is 6. The molecule has 8 nitrogen and oxygen atoms in total. The molecule has 0 bridgehead atoms. The van der Waals surface area contributed by atoms with Gasteiger partial charge in [0, 0.05) is 37.7 Å². The lowest BCUT2D eigenvalue weighted by atomic mass is 10.2. The summed E-state index contributed by atoms with van der Waals surface area (Å²) in [6.45, 7) is 2.56. The molecule has 3 aromatic heterocycles. The van der Waals surface area contributed by atoms with Gasteiger partial charge in [0.15, 0.2) is 5.82 Å². The van der Waals surface area contributed by atoms with Crippen LogP contribution in [0.4, 0.5) is 11.6 Å². The Labute approximate surface area is 162 Å². The van der Waals surface area contributed by atoms with Crippen molar-refractivity contribution >= 4 is 17.5 Å². The second kappa shape index (κ2) is 7.88. The van der Waals surface area contributed by atoms with E-state index < -0.39 is 0 Å². The normalized spacial score (nSPS) is 12.9. The quantitative estimate of drug-likeness (QED) is 0.709. The van der Waals surface area contributed by atoms with Crippen molar-refractivity contribution in [2.24, 2.45) is 0 Å². The van der Waals surface area contributed by atoms with Gasteiger partial charge in [-0.2, -0.15) is 10.4 Å². The van der Waals surface area contributed by atoms with Crippen LogP contribution in [0.1, 0.15) is 23.2 Å². The molecule has 1 saturated heterocycles. The van der Waals surface area contributed by atoms with Crippen molar-refractivity contribution in [3.63, 3.8) is 0 Å². The van der Waals surface area contributed by atoms with Gasteiger partial charge in [0.1, 0.15) is 11.9 Å². The van der Waals surface area contributed by atoms with Crippen LogP contribution in [0.25, 0.3) is 0 Å². The number of aromatic nitrogens is 4. The molecule has 8 heteroatoms. The molecule has 0 spiro atoms. The van der Waals surface area contributed by atoms with Crippen molar-refractivity contribution in [3.05, 3.63) is 65.7 Å². The average Bonchev–Trinajstić information content (AvgIpc) is 3.09. The molecule has 140 valence electrons. The van der Waals surface area contributed by atoms with Crippen LogP contribution in [-0.4, -0.2) is 38.7 Å². The minimum atomic E-state index is -0.139. The zero-order valence-electron chi connectivity index (χ0n) is 15.2. The van der Waals surface area contributed by atoms with Gasteiger partial charge in [-0.05, 0) is 30.2 Å². The van der Waals surface area contributed by atoms with Crippen LogP contribution in [0, 0.1) is 11.3 Å². The van der Waals surface area contributed by atoms with Crippen LogP contribution in [0.5, 0.6) is 0 Å². The fourth-order valence-corrected chi connectivity index (χ4v) is 2.89. The maximum absolute atomic E-state index is 12.3. The van der Waals surface area contributed by atoms with Crippen molar-refractivity contribution in [1.82, 2.24) is 19.7 Å². The van der Waals surface area contributed by atoms with Crippen LogP contribution >= 0.6 is 0 Å². The lowest BCUT2D eigenvalue weighted by Crippen LogP contribution is -2.37. The van der Waals surface area contributed by atoms with Gasteiger partial charge in [-0.1, -0.05) is 6.07 Å². The largest absolute Gasteiger partial charge is 0.356 e. The first-order valence-electron chi connectivity index (χ1n) is 9.08. The molecule has 4 heterocycles. The Morgan fingerprint density at radius 1 is 1.14 bits per heavy atom. The molecular formula is C20H19N7O. The van der Waals surface area contributed by atoms with Crippen molar-refractivity contribution in [2.45, 2.75) is 19.4 Å². The van der Waals surface area contributed by atoms with Crippen molar-refractivity contribution < 1.29 is 4.79 Å². The van der Waals surface area contributed by atoms with E-state index in [-0.39, 0.29) is 12.3 Å². The third-order valence-corrected chi connectivity index (χ3v) is 4.54. The molecule has 1 fully saturated rings. The summed E-state index contributed by atoms with van der Waals surface area (Å²) in [7, 11) is 0. The lowest BCUT2D eigenvalue weighted by Gasteiger charge is -2.31. The molecule has 0 radical (unpaired) electrons. The van der Waals surface area contributed by atoms with Crippen LogP contribution in [0.2, 0.25) is 0 Å². The van der Waals surface area contributed by atoms with E-state index in [2.05, 4.69) is 25.3 Å². The number of carbonyl (C=O) groups excluding carboxylic acids is 1. The number of hydrogen-bond donors (Lipinski definition) is 1. The second-order valence-corrected chi connectivity index (χ2v) is 6.64. The summed E-state index contributed by atoms with van der Waals surface area (Å²) in [4.78, 5) is 23.1. The van der Waals surface area contributed by atoms with Crippen LogP contribution in [-0.2, 0) is 17.8 Å². The first-order valence-corrected chi connectivity index (χ1v) is 9.08. The van der Waals surface area contributed by atoms with Gasteiger partial charge in [-0.25, -0.2) is 4.98 Å².